The molecule has 0 bridgehead atoms. The van der Waals surface area contributed by atoms with E-state index < -0.39 is 6.10 Å². The maximum Gasteiger partial charge on any atom is 0.0802 e. The van der Waals surface area contributed by atoms with Crippen LogP contribution in [0.25, 0.3) is 0 Å². The van der Waals surface area contributed by atoms with E-state index in [1.165, 1.54) is 0 Å². The number of halogens is 1. The van der Waals surface area contributed by atoms with Crippen LogP contribution in [0.2, 0.25) is 0 Å². The van der Waals surface area contributed by atoms with Crippen LogP contribution in [0.5, 0.6) is 0 Å². The summed E-state index contributed by atoms with van der Waals surface area (Å²) in [4.78, 5) is 2.22. The van der Waals surface area contributed by atoms with E-state index in [9.17, 15) is 5.11 Å². The van der Waals surface area contributed by atoms with E-state index in [2.05, 4.69) is 32.6 Å². The smallest absolute Gasteiger partial charge is 0.0802 e. The Morgan fingerprint density at radius 1 is 1.27 bits per heavy atom. The number of morpholine rings is 1. The van der Waals surface area contributed by atoms with Gasteiger partial charge in [0, 0.05) is 25.5 Å². The van der Waals surface area contributed by atoms with E-state index in [1.54, 1.807) is 0 Å². The number of nitrogens with zero attached hydrogens (tertiary/aromatic N) is 1. The molecule has 3 nitrogen and oxygen atoms in total. The molecule has 1 saturated heterocycles. The van der Waals surface area contributed by atoms with E-state index in [0.717, 1.165) is 13.1 Å². The van der Waals surface area contributed by atoms with Gasteiger partial charge in [0.1, 0.15) is 0 Å². The van der Waals surface area contributed by atoms with Gasteiger partial charge < -0.3 is 9.84 Å². The Hall–Kier alpha value is 0.170. The Labute approximate surface area is 97.4 Å². The molecule has 15 heavy (non-hydrogen) atoms. The summed E-state index contributed by atoms with van der Waals surface area (Å²) in [7, 11) is 0. The van der Waals surface area contributed by atoms with Crippen molar-refractivity contribution >= 4 is 11.6 Å². The maximum absolute atomic E-state index is 9.54. The fraction of sp³-hybridized carbons (Fsp3) is 1.00. The molecule has 1 heterocycles. The summed E-state index contributed by atoms with van der Waals surface area (Å²) in [5.41, 5.74) is -0.318. The average Bonchev–Trinajstić information content (AvgIpc) is 1.97. The Morgan fingerprint density at radius 3 is 2.13 bits per heavy atom. The van der Waals surface area contributed by atoms with Crippen molar-refractivity contribution in [3.8, 4) is 0 Å². The van der Waals surface area contributed by atoms with Crippen molar-refractivity contribution in [1.82, 2.24) is 4.90 Å². The van der Waals surface area contributed by atoms with Crippen molar-refractivity contribution in [3.05, 3.63) is 0 Å². The maximum atomic E-state index is 9.54. The molecule has 1 N–H and O–H groups in total. The molecule has 0 aliphatic carbocycles. The molecule has 1 rings (SSSR count). The highest BCUT2D eigenvalue weighted by molar-refractivity contribution is 6.18. The average molecular weight is 236 g/mol. The Bertz CT molecular complexity index is 203. The number of ether oxygens (including phenoxy) is 1. The summed E-state index contributed by atoms with van der Waals surface area (Å²) >= 11 is 5.61. The molecule has 0 aromatic heterocycles. The zero-order valence-electron chi connectivity index (χ0n) is 10.1. The number of alkyl halides is 1. The van der Waals surface area contributed by atoms with Crippen LogP contribution in [0.3, 0.4) is 0 Å². The van der Waals surface area contributed by atoms with E-state index >= 15 is 0 Å². The quantitative estimate of drug-likeness (QED) is 0.753. The predicted octanol–water partition coefficient (Wildman–Crippen LogP) is 1.48. The third-order valence-electron chi connectivity index (χ3n) is 2.41. The molecule has 0 saturated carbocycles. The molecule has 0 spiro atoms. The van der Waals surface area contributed by atoms with Gasteiger partial charge in [-0.15, -0.1) is 11.6 Å². The van der Waals surface area contributed by atoms with Crippen molar-refractivity contribution in [2.75, 3.05) is 25.5 Å². The lowest BCUT2D eigenvalue weighted by atomic mass is 9.99. The van der Waals surface area contributed by atoms with E-state index in [4.69, 9.17) is 16.3 Å². The van der Waals surface area contributed by atoms with Gasteiger partial charge >= 0.3 is 0 Å². The van der Waals surface area contributed by atoms with Crippen LogP contribution in [0.1, 0.15) is 27.7 Å². The molecule has 0 radical (unpaired) electrons. The number of hydrogen-bond acceptors (Lipinski definition) is 3. The van der Waals surface area contributed by atoms with Crippen LogP contribution in [-0.2, 0) is 4.74 Å². The van der Waals surface area contributed by atoms with Crippen molar-refractivity contribution in [2.45, 2.75) is 45.0 Å². The predicted molar refractivity (Wildman–Crippen MR) is 62.4 cm³/mol. The minimum absolute atomic E-state index is 0.159. The van der Waals surface area contributed by atoms with Gasteiger partial charge in [-0.25, -0.2) is 0 Å². The van der Waals surface area contributed by atoms with Crippen LogP contribution in [0.4, 0.5) is 0 Å². The summed E-state index contributed by atoms with van der Waals surface area (Å²) in [5.74, 6) is 0.290. The zero-order valence-corrected chi connectivity index (χ0v) is 10.8. The van der Waals surface area contributed by atoms with Crippen LogP contribution >= 0.6 is 11.6 Å². The molecule has 1 atom stereocenters. The van der Waals surface area contributed by atoms with Crippen LogP contribution in [0, 0.1) is 0 Å². The van der Waals surface area contributed by atoms with Gasteiger partial charge in [0.2, 0.25) is 0 Å². The van der Waals surface area contributed by atoms with Gasteiger partial charge in [-0.3, -0.25) is 4.90 Å². The molecule has 0 aromatic rings. The third-order valence-corrected chi connectivity index (χ3v) is 2.76. The topological polar surface area (TPSA) is 32.7 Å². The first-order chi connectivity index (χ1) is 6.74. The molecule has 90 valence electrons. The second-order valence-electron chi connectivity index (χ2n) is 5.60. The fourth-order valence-electron chi connectivity index (χ4n) is 2.42. The zero-order chi connectivity index (χ0) is 11.7. The number of rotatable bonds is 3. The summed E-state index contributed by atoms with van der Waals surface area (Å²) in [6, 6.07) is 0. The Balaban J connectivity index is 2.59. The van der Waals surface area contributed by atoms with Crippen LogP contribution in [-0.4, -0.2) is 52.8 Å². The standard InChI is InChI=1S/C11H22ClNO2/c1-10(2)7-13(6-9(14)5-12)8-11(3,4)15-10/h9,14H,5-8H2,1-4H3. The summed E-state index contributed by atoms with van der Waals surface area (Å²) in [6.45, 7) is 10.6. The fourth-order valence-corrected chi connectivity index (χ4v) is 2.52. The second-order valence-corrected chi connectivity index (χ2v) is 5.91. The minimum atomic E-state index is -0.448. The van der Waals surface area contributed by atoms with Crippen molar-refractivity contribution < 1.29 is 9.84 Å². The molecule has 1 fully saturated rings. The third kappa shape index (κ3) is 4.27. The summed E-state index contributed by atoms with van der Waals surface area (Å²) < 4.78 is 5.95. The van der Waals surface area contributed by atoms with Gasteiger partial charge in [-0.05, 0) is 27.7 Å². The number of aliphatic hydroxyl groups is 1. The highest BCUT2D eigenvalue weighted by atomic mass is 35.5. The molecule has 1 unspecified atom stereocenters. The molecule has 0 amide bonds. The first-order valence-electron chi connectivity index (χ1n) is 5.41. The second kappa shape index (κ2) is 4.58. The molecular weight excluding hydrogens is 214 g/mol. The molecule has 1 aliphatic heterocycles. The number of hydrogen-bond donors (Lipinski definition) is 1. The number of β-amino-alcohol motifs (C(OH)–C–C–N with tert-alkyl or cyclic N) is 1. The highest BCUT2D eigenvalue weighted by Crippen LogP contribution is 2.27. The lowest BCUT2D eigenvalue weighted by Crippen LogP contribution is -2.58. The summed E-state index contributed by atoms with van der Waals surface area (Å²) in [5, 5.41) is 9.54. The van der Waals surface area contributed by atoms with Gasteiger partial charge in [-0.2, -0.15) is 0 Å². The highest BCUT2D eigenvalue weighted by Gasteiger charge is 2.38. The van der Waals surface area contributed by atoms with E-state index in [-0.39, 0.29) is 17.1 Å². The van der Waals surface area contributed by atoms with E-state index in [1.807, 2.05) is 0 Å². The molecular formula is C11H22ClNO2. The van der Waals surface area contributed by atoms with Crippen LogP contribution < -0.4 is 0 Å². The van der Waals surface area contributed by atoms with Gasteiger partial charge in [-0.1, -0.05) is 0 Å². The summed E-state index contributed by atoms with van der Waals surface area (Å²) in [6.07, 6.45) is -0.448. The Morgan fingerprint density at radius 2 is 1.73 bits per heavy atom. The Kier molecular flexibility index (Phi) is 4.04. The molecule has 1 aliphatic rings. The number of aliphatic hydroxyl groups excluding tert-OH is 1. The van der Waals surface area contributed by atoms with Crippen LogP contribution in [0.15, 0.2) is 0 Å². The van der Waals surface area contributed by atoms with Crippen molar-refractivity contribution in [2.24, 2.45) is 0 Å². The first kappa shape index (κ1) is 13.2. The molecule has 4 heteroatoms. The van der Waals surface area contributed by atoms with Gasteiger partial charge in [0.15, 0.2) is 0 Å². The largest absolute Gasteiger partial charge is 0.391 e. The van der Waals surface area contributed by atoms with Gasteiger partial charge in [0.05, 0.1) is 17.3 Å². The van der Waals surface area contributed by atoms with Crippen molar-refractivity contribution in [1.29, 1.82) is 0 Å². The lowest BCUT2D eigenvalue weighted by Gasteiger charge is -2.47. The first-order valence-corrected chi connectivity index (χ1v) is 5.94. The van der Waals surface area contributed by atoms with Crippen molar-refractivity contribution in [3.63, 3.8) is 0 Å². The molecule has 0 aromatic carbocycles. The van der Waals surface area contributed by atoms with E-state index in [0.29, 0.717) is 6.54 Å². The monoisotopic (exact) mass is 235 g/mol. The lowest BCUT2D eigenvalue weighted by molar-refractivity contribution is -0.183. The van der Waals surface area contributed by atoms with Gasteiger partial charge in [0.25, 0.3) is 0 Å². The minimum Gasteiger partial charge on any atom is -0.391 e. The normalized spacial score (nSPS) is 27.6. The SMILES string of the molecule is CC1(C)CN(CC(O)CCl)CC(C)(C)O1.